The van der Waals surface area contributed by atoms with E-state index in [1.54, 1.807) is 48.5 Å². The van der Waals surface area contributed by atoms with Crippen LogP contribution in [0.1, 0.15) is 11.1 Å². The molecule has 3 aromatic carbocycles. The van der Waals surface area contributed by atoms with Crippen LogP contribution in [0.2, 0.25) is 0 Å². The van der Waals surface area contributed by atoms with Gasteiger partial charge in [0.05, 0.1) is 39.0 Å². The van der Waals surface area contributed by atoms with Crippen molar-refractivity contribution in [3.8, 4) is 23.0 Å². The SMILES string of the molecule is COc1ccc(S(=O)(=O)N(CC(=O)NCc2cc(OC)c(OC)c(OC)c2)c2ccc(C)cc2)cc1. The third kappa shape index (κ3) is 6.01. The molecular formula is C26H30N2O7S. The molecule has 192 valence electrons. The molecule has 0 saturated carbocycles. The number of sulfonamides is 1. The molecule has 0 aliphatic rings. The Bertz CT molecular complexity index is 1270. The summed E-state index contributed by atoms with van der Waals surface area (Å²) >= 11 is 0. The lowest BCUT2D eigenvalue weighted by Gasteiger charge is -2.24. The molecule has 1 N–H and O–H groups in total. The highest BCUT2D eigenvalue weighted by molar-refractivity contribution is 7.92. The van der Waals surface area contributed by atoms with Gasteiger partial charge in [0, 0.05) is 6.54 Å². The van der Waals surface area contributed by atoms with Crippen molar-refractivity contribution in [2.75, 3.05) is 39.3 Å². The van der Waals surface area contributed by atoms with Crippen LogP contribution < -0.4 is 28.6 Å². The van der Waals surface area contributed by atoms with Crippen LogP contribution in [-0.2, 0) is 21.4 Å². The standard InChI is InChI=1S/C26H30N2O7S/c1-18-6-8-20(9-7-18)28(36(30,31)22-12-10-21(32-2)11-13-22)17-25(29)27-16-19-14-23(33-3)26(35-5)24(15-19)34-4/h6-15H,16-17H2,1-5H3,(H,27,29). The van der Waals surface area contributed by atoms with Gasteiger partial charge in [0.1, 0.15) is 12.3 Å². The molecule has 0 saturated heterocycles. The first-order valence-corrected chi connectivity index (χ1v) is 12.5. The van der Waals surface area contributed by atoms with Crippen molar-refractivity contribution in [1.82, 2.24) is 5.32 Å². The van der Waals surface area contributed by atoms with Crippen molar-refractivity contribution in [2.45, 2.75) is 18.4 Å². The van der Waals surface area contributed by atoms with E-state index in [0.29, 0.717) is 34.2 Å². The number of amides is 1. The lowest BCUT2D eigenvalue weighted by atomic mass is 10.1. The zero-order chi connectivity index (χ0) is 26.3. The lowest BCUT2D eigenvalue weighted by Crippen LogP contribution is -2.40. The van der Waals surface area contributed by atoms with Crippen LogP contribution in [0.5, 0.6) is 23.0 Å². The molecule has 1 amide bonds. The van der Waals surface area contributed by atoms with Gasteiger partial charge in [-0.15, -0.1) is 0 Å². The van der Waals surface area contributed by atoms with Crippen molar-refractivity contribution in [2.24, 2.45) is 0 Å². The van der Waals surface area contributed by atoms with E-state index in [4.69, 9.17) is 18.9 Å². The highest BCUT2D eigenvalue weighted by Gasteiger charge is 2.27. The highest BCUT2D eigenvalue weighted by Crippen LogP contribution is 2.38. The third-order valence-corrected chi connectivity index (χ3v) is 7.26. The second-order valence-electron chi connectivity index (χ2n) is 7.83. The van der Waals surface area contributed by atoms with E-state index < -0.39 is 22.5 Å². The van der Waals surface area contributed by atoms with E-state index in [2.05, 4.69) is 5.32 Å². The van der Waals surface area contributed by atoms with Crippen LogP contribution in [0.15, 0.2) is 65.6 Å². The fourth-order valence-electron chi connectivity index (χ4n) is 3.53. The summed E-state index contributed by atoms with van der Waals surface area (Å²) in [6, 6.07) is 16.4. The minimum Gasteiger partial charge on any atom is -0.497 e. The molecule has 0 heterocycles. The van der Waals surface area contributed by atoms with Crippen molar-refractivity contribution in [1.29, 1.82) is 0 Å². The number of carbonyl (C=O) groups excluding carboxylic acids is 1. The molecule has 0 fully saturated rings. The number of anilines is 1. The first kappa shape index (κ1) is 26.7. The van der Waals surface area contributed by atoms with Crippen molar-refractivity contribution >= 4 is 21.6 Å². The number of hydrogen-bond acceptors (Lipinski definition) is 7. The molecule has 0 radical (unpaired) electrons. The molecule has 0 spiro atoms. The summed E-state index contributed by atoms with van der Waals surface area (Å²) in [6.45, 7) is 1.61. The van der Waals surface area contributed by atoms with Gasteiger partial charge in [-0.1, -0.05) is 17.7 Å². The largest absolute Gasteiger partial charge is 0.497 e. The Kier molecular flexibility index (Phi) is 8.65. The van der Waals surface area contributed by atoms with Gasteiger partial charge in [-0.05, 0) is 61.0 Å². The Morgan fingerprint density at radius 1 is 0.833 bits per heavy atom. The predicted molar refractivity (Wildman–Crippen MR) is 137 cm³/mol. The molecule has 0 unspecified atom stereocenters. The summed E-state index contributed by atoms with van der Waals surface area (Å²) in [6.07, 6.45) is 0. The molecule has 0 aromatic heterocycles. The molecule has 0 bridgehead atoms. The number of nitrogens with zero attached hydrogens (tertiary/aromatic N) is 1. The van der Waals surface area contributed by atoms with Crippen LogP contribution in [0.3, 0.4) is 0 Å². The highest BCUT2D eigenvalue weighted by atomic mass is 32.2. The number of benzene rings is 3. The number of rotatable bonds is 11. The normalized spacial score (nSPS) is 10.9. The minimum absolute atomic E-state index is 0.0429. The van der Waals surface area contributed by atoms with E-state index >= 15 is 0 Å². The zero-order valence-corrected chi connectivity index (χ0v) is 21.7. The molecule has 10 heteroatoms. The Labute approximate surface area is 211 Å². The maximum absolute atomic E-state index is 13.5. The molecule has 0 aliphatic carbocycles. The molecule has 9 nitrogen and oxygen atoms in total. The number of carbonyl (C=O) groups is 1. The van der Waals surface area contributed by atoms with E-state index in [9.17, 15) is 13.2 Å². The second-order valence-corrected chi connectivity index (χ2v) is 9.70. The smallest absolute Gasteiger partial charge is 0.264 e. The Hall–Kier alpha value is -3.92. The molecular weight excluding hydrogens is 484 g/mol. The van der Waals surface area contributed by atoms with Gasteiger partial charge in [-0.2, -0.15) is 0 Å². The number of methoxy groups -OCH3 is 4. The van der Waals surface area contributed by atoms with Crippen LogP contribution in [-0.4, -0.2) is 49.3 Å². The van der Waals surface area contributed by atoms with Gasteiger partial charge >= 0.3 is 0 Å². The van der Waals surface area contributed by atoms with Gasteiger partial charge in [-0.3, -0.25) is 9.10 Å². The average molecular weight is 515 g/mol. The van der Waals surface area contributed by atoms with E-state index in [1.165, 1.54) is 40.6 Å². The average Bonchev–Trinajstić information content (AvgIpc) is 2.90. The maximum atomic E-state index is 13.5. The van der Waals surface area contributed by atoms with Crippen molar-refractivity contribution in [3.63, 3.8) is 0 Å². The Morgan fingerprint density at radius 3 is 1.92 bits per heavy atom. The third-order valence-electron chi connectivity index (χ3n) is 5.47. The summed E-state index contributed by atoms with van der Waals surface area (Å²) in [5.41, 5.74) is 2.03. The molecule has 3 aromatic rings. The Balaban J connectivity index is 1.85. The summed E-state index contributed by atoms with van der Waals surface area (Å²) in [5, 5.41) is 2.78. The van der Waals surface area contributed by atoms with Crippen LogP contribution in [0.4, 0.5) is 5.69 Å². The minimum atomic E-state index is -4.04. The first-order valence-electron chi connectivity index (χ1n) is 11.0. The topological polar surface area (TPSA) is 103 Å². The molecule has 0 atom stereocenters. The first-order chi connectivity index (χ1) is 17.2. The van der Waals surface area contributed by atoms with Crippen LogP contribution in [0, 0.1) is 6.92 Å². The number of aryl methyl sites for hydroxylation is 1. The zero-order valence-electron chi connectivity index (χ0n) is 20.9. The van der Waals surface area contributed by atoms with Gasteiger partial charge in [0.2, 0.25) is 11.7 Å². The van der Waals surface area contributed by atoms with Gasteiger partial charge in [0.15, 0.2) is 11.5 Å². The summed E-state index contributed by atoms with van der Waals surface area (Å²) in [5.74, 6) is 1.38. The van der Waals surface area contributed by atoms with Crippen LogP contribution >= 0.6 is 0 Å². The van der Waals surface area contributed by atoms with E-state index in [1.807, 2.05) is 6.92 Å². The number of nitrogens with one attached hydrogen (secondary N) is 1. The van der Waals surface area contributed by atoms with Crippen LogP contribution in [0.25, 0.3) is 0 Å². The number of hydrogen-bond donors (Lipinski definition) is 1. The summed E-state index contributed by atoms with van der Waals surface area (Å²) in [7, 11) is 1.97. The van der Waals surface area contributed by atoms with Gasteiger partial charge in [-0.25, -0.2) is 8.42 Å². The van der Waals surface area contributed by atoms with Gasteiger partial charge < -0.3 is 24.3 Å². The van der Waals surface area contributed by atoms with E-state index in [0.717, 1.165) is 9.87 Å². The monoisotopic (exact) mass is 514 g/mol. The van der Waals surface area contributed by atoms with Gasteiger partial charge in [0.25, 0.3) is 10.0 Å². The summed E-state index contributed by atoms with van der Waals surface area (Å²) < 4.78 is 49.3. The van der Waals surface area contributed by atoms with E-state index in [-0.39, 0.29) is 11.4 Å². The predicted octanol–water partition coefficient (Wildman–Crippen LogP) is 3.54. The second kappa shape index (κ2) is 11.7. The quantitative estimate of drug-likeness (QED) is 0.417. The fraction of sp³-hybridized carbons (Fsp3) is 0.269. The molecule has 0 aliphatic heterocycles. The van der Waals surface area contributed by atoms with Crippen molar-refractivity contribution in [3.05, 3.63) is 71.8 Å². The maximum Gasteiger partial charge on any atom is 0.264 e. The lowest BCUT2D eigenvalue weighted by molar-refractivity contribution is -0.119. The Morgan fingerprint density at radius 2 is 1.42 bits per heavy atom. The molecule has 3 rings (SSSR count). The summed E-state index contributed by atoms with van der Waals surface area (Å²) in [4.78, 5) is 13.0. The molecule has 36 heavy (non-hydrogen) atoms. The van der Waals surface area contributed by atoms with Crippen molar-refractivity contribution < 1.29 is 32.2 Å². The number of ether oxygens (including phenoxy) is 4. The fourth-order valence-corrected chi connectivity index (χ4v) is 4.95.